The molecule has 1 aromatic carbocycles. The summed E-state index contributed by atoms with van der Waals surface area (Å²) in [5, 5.41) is 9.84. The fraction of sp³-hybridized carbons (Fsp3) is 0.500. The monoisotopic (exact) mass is 343 g/mol. The van der Waals surface area contributed by atoms with Crippen molar-refractivity contribution in [3.8, 4) is 11.4 Å². The Morgan fingerprint density at radius 2 is 2.08 bits per heavy atom. The molecule has 3 rings (SSSR count). The number of anilines is 1. The molecule has 4 N–H and O–H groups in total. The smallest absolute Gasteiger partial charge is 0.253 e. The maximum absolute atomic E-state index is 12.4. The number of carbonyl (C=O) groups is 1. The van der Waals surface area contributed by atoms with Gasteiger partial charge in [-0.25, -0.2) is 4.98 Å². The molecule has 1 saturated carbocycles. The molecule has 7 heteroatoms. The van der Waals surface area contributed by atoms with E-state index in [9.17, 15) is 4.79 Å². The molecule has 1 amide bonds. The molecular formula is C18H25N5O2. The van der Waals surface area contributed by atoms with Crippen LogP contribution in [0, 0.1) is 0 Å². The Morgan fingerprint density at radius 1 is 1.36 bits per heavy atom. The number of H-pyrrole nitrogens is 1. The summed E-state index contributed by atoms with van der Waals surface area (Å²) in [5.74, 6) is 1.14. The molecule has 0 saturated heterocycles. The van der Waals surface area contributed by atoms with Crippen LogP contribution in [0.2, 0.25) is 0 Å². The molecule has 1 aromatic heterocycles. The van der Waals surface area contributed by atoms with E-state index >= 15 is 0 Å². The van der Waals surface area contributed by atoms with E-state index in [1.54, 1.807) is 0 Å². The number of aromatic amines is 1. The lowest BCUT2D eigenvalue weighted by Crippen LogP contribution is -2.32. The van der Waals surface area contributed by atoms with Gasteiger partial charge in [-0.2, -0.15) is 5.10 Å². The van der Waals surface area contributed by atoms with Crippen molar-refractivity contribution < 1.29 is 9.53 Å². The summed E-state index contributed by atoms with van der Waals surface area (Å²) in [6.07, 6.45) is 4.98. The molecule has 7 nitrogen and oxygen atoms in total. The number of nitrogens with zero attached hydrogens (tertiary/aromatic N) is 2. The minimum Gasteiger partial charge on any atom is -0.365 e. The van der Waals surface area contributed by atoms with Gasteiger partial charge in [0, 0.05) is 11.3 Å². The fourth-order valence-electron chi connectivity index (χ4n) is 3.04. The minimum absolute atomic E-state index is 0.0922. The van der Waals surface area contributed by atoms with Crippen molar-refractivity contribution in [2.24, 2.45) is 5.73 Å². The zero-order chi connectivity index (χ0) is 17.6. The van der Waals surface area contributed by atoms with Gasteiger partial charge in [0.25, 0.3) is 5.91 Å². The topological polar surface area (TPSA) is 106 Å². The molecule has 1 fully saturated rings. The number of carbonyl (C=O) groups excluding carboxylic acids is 1. The fourth-order valence-corrected chi connectivity index (χ4v) is 3.04. The van der Waals surface area contributed by atoms with Crippen molar-refractivity contribution in [2.75, 3.05) is 5.32 Å². The van der Waals surface area contributed by atoms with Crippen molar-refractivity contribution in [3.05, 3.63) is 30.1 Å². The van der Waals surface area contributed by atoms with Crippen LogP contribution in [0.4, 0.5) is 5.69 Å². The van der Waals surface area contributed by atoms with Crippen LogP contribution in [0.3, 0.4) is 0 Å². The summed E-state index contributed by atoms with van der Waals surface area (Å²) in [6, 6.07) is 7.43. The lowest BCUT2D eigenvalue weighted by atomic mass is 10.2. The number of amides is 1. The molecule has 1 unspecified atom stereocenters. The average Bonchev–Trinajstić information content (AvgIpc) is 3.32. The van der Waals surface area contributed by atoms with Crippen molar-refractivity contribution in [2.45, 2.75) is 57.8 Å². The van der Waals surface area contributed by atoms with E-state index in [0.29, 0.717) is 24.6 Å². The molecule has 1 aliphatic carbocycles. The summed E-state index contributed by atoms with van der Waals surface area (Å²) < 4.78 is 5.95. The summed E-state index contributed by atoms with van der Waals surface area (Å²) in [7, 11) is 0. The third-order valence-corrected chi connectivity index (χ3v) is 4.46. The molecule has 0 spiro atoms. The number of nitrogens with one attached hydrogen (secondary N) is 2. The van der Waals surface area contributed by atoms with E-state index in [-0.39, 0.29) is 12.0 Å². The Balaban J connectivity index is 1.60. The van der Waals surface area contributed by atoms with Gasteiger partial charge in [0.1, 0.15) is 11.9 Å². The molecule has 25 heavy (non-hydrogen) atoms. The lowest BCUT2D eigenvalue weighted by molar-refractivity contribution is -0.131. The largest absolute Gasteiger partial charge is 0.365 e. The first-order valence-corrected chi connectivity index (χ1v) is 8.87. The Kier molecular flexibility index (Phi) is 5.78. The van der Waals surface area contributed by atoms with Crippen LogP contribution in [0.5, 0.6) is 0 Å². The standard InChI is InChI=1S/C18H25N5O2/c1-2-15(25-14-5-3-4-6-14)18(24)20-13-9-7-12(8-10-13)17-21-16(11-19)22-23-17/h7-10,14-15H,2-6,11,19H2,1H3,(H,20,24)(H,21,22,23). The number of ether oxygens (including phenoxy) is 1. The molecule has 1 heterocycles. The van der Waals surface area contributed by atoms with Gasteiger partial charge >= 0.3 is 0 Å². The predicted molar refractivity (Wildman–Crippen MR) is 95.8 cm³/mol. The number of nitrogens with two attached hydrogens (primary N) is 1. The Bertz CT molecular complexity index is 692. The minimum atomic E-state index is -0.400. The van der Waals surface area contributed by atoms with Crippen molar-refractivity contribution in [1.29, 1.82) is 0 Å². The molecule has 0 aliphatic heterocycles. The second-order valence-corrected chi connectivity index (χ2v) is 6.32. The van der Waals surface area contributed by atoms with Crippen LogP contribution in [0.1, 0.15) is 44.9 Å². The van der Waals surface area contributed by atoms with E-state index in [1.165, 1.54) is 12.8 Å². The van der Waals surface area contributed by atoms with Gasteiger partial charge in [0.2, 0.25) is 0 Å². The second kappa shape index (κ2) is 8.22. The summed E-state index contributed by atoms with van der Waals surface area (Å²) in [4.78, 5) is 16.7. The molecule has 0 bridgehead atoms. The van der Waals surface area contributed by atoms with Crippen LogP contribution in [0.15, 0.2) is 24.3 Å². The Morgan fingerprint density at radius 3 is 2.68 bits per heavy atom. The average molecular weight is 343 g/mol. The molecule has 1 aliphatic rings. The number of rotatable bonds is 7. The SMILES string of the molecule is CCC(OC1CCCC1)C(=O)Nc1ccc(-c2n[nH]c(CN)n2)cc1. The van der Waals surface area contributed by atoms with E-state index in [1.807, 2.05) is 31.2 Å². The summed E-state index contributed by atoms with van der Waals surface area (Å²) in [5.41, 5.74) is 7.12. The highest BCUT2D eigenvalue weighted by atomic mass is 16.5. The third kappa shape index (κ3) is 4.43. The van der Waals surface area contributed by atoms with Crippen LogP contribution in [-0.4, -0.2) is 33.3 Å². The predicted octanol–water partition coefficient (Wildman–Crippen LogP) is 2.61. The second-order valence-electron chi connectivity index (χ2n) is 6.32. The quantitative estimate of drug-likeness (QED) is 0.716. The zero-order valence-corrected chi connectivity index (χ0v) is 14.5. The van der Waals surface area contributed by atoms with Gasteiger partial charge in [-0.1, -0.05) is 19.8 Å². The normalized spacial score (nSPS) is 16.1. The van der Waals surface area contributed by atoms with Crippen LogP contribution in [0.25, 0.3) is 11.4 Å². The van der Waals surface area contributed by atoms with E-state index in [4.69, 9.17) is 10.5 Å². The molecule has 134 valence electrons. The Labute approximate surface area is 147 Å². The highest BCUT2D eigenvalue weighted by Gasteiger charge is 2.24. The molecule has 2 aromatic rings. The van der Waals surface area contributed by atoms with Gasteiger partial charge in [0.05, 0.1) is 12.6 Å². The Hall–Kier alpha value is -2.25. The number of aromatic nitrogens is 3. The highest BCUT2D eigenvalue weighted by Crippen LogP contribution is 2.24. The maximum Gasteiger partial charge on any atom is 0.253 e. The molecule has 0 radical (unpaired) electrons. The molecule has 1 atom stereocenters. The molecular weight excluding hydrogens is 318 g/mol. The summed E-state index contributed by atoms with van der Waals surface area (Å²) >= 11 is 0. The van der Waals surface area contributed by atoms with Crippen LogP contribution >= 0.6 is 0 Å². The van der Waals surface area contributed by atoms with Gasteiger partial charge < -0.3 is 15.8 Å². The van der Waals surface area contributed by atoms with E-state index in [0.717, 1.165) is 24.1 Å². The van der Waals surface area contributed by atoms with E-state index < -0.39 is 6.10 Å². The van der Waals surface area contributed by atoms with Gasteiger partial charge in [-0.3, -0.25) is 9.89 Å². The lowest BCUT2D eigenvalue weighted by Gasteiger charge is -2.20. The third-order valence-electron chi connectivity index (χ3n) is 4.46. The highest BCUT2D eigenvalue weighted by molar-refractivity contribution is 5.94. The first-order chi connectivity index (χ1) is 12.2. The van der Waals surface area contributed by atoms with Crippen molar-refractivity contribution in [1.82, 2.24) is 15.2 Å². The van der Waals surface area contributed by atoms with Crippen molar-refractivity contribution >= 4 is 11.6 Å². The number of hydrogen-bond donors (Lipinski definition) is 3. The van der Waals surface area contributed by atoms with Crippen molar-refractivity contribution in [3.63, 3.8) is 0 Å². The maximum atomic E-state index is 12.4. The van der Waals surface area contributed by atoms with Gasteiger partial charge in [-0.15, -0.1) is 0 Å². The number of benzene rings is 1. The summed E-state index contributed by atoms with van der Waals surface area (Å²) in [6.45, 7) is 2.29. The van der Waals surface area contributed by atoms with E-state index in [2.05, 4.69) is 20.5 Å². The zero-order valence-electron chi connectivity index (χ0n) is 14.5. The first kappa shape index (κ1) is 17.6. The number of hydrogen-bond acceptors (Lipinski definition) is 5. The van der Waals surface area contributed by atoms with Crippen LogP contribution < -0.4 is 11.1 Å². The van der Waals surface area contributed by atoms with Gasteiger partial charge in [-0.05, 0) is 43.5 Å². The van der Waals surface area contributed by atoms with Crippen LogP contribution in [-0.2, 0) is 16.1 Å². The first-order valence-electron chi connectivity index (χ1n) is 8.87. The van der Waals surface area contributed by atoms with Gasteiger partial charge in [0.15, 0.2) is 5.82 Å².